The van der Waals surface area contributed by atoms with Crippen LogP contribution in [-0.2, 0) is 6.54 Å². The number of aromatic hydroxyl groups is 1. The van der Waals surface area contributed by atoms with Crippen molar-refractivity contribution in [1.82, 2.24) is 5.32 Å². The van der Waals surface area contributed by atoms with Crippen molar-refractivity contribution in [1.29, 1.82) is 0 Å². The number of aliphatic hydroxyl groups is 1. The number of rotatable bonds is 3. The van der Waals surface area contributed by atoms with Crippen molar-refractivity contribution in [3.63, 3.8) is 0 Å². The second kappa shape index (κ2) is 5.47. The van der Waals surface area contributed by atoms with Crippen molar-refractivity contribution in [2.75, 3.05) is 0 Å². The van der Waals surface area contributed by atoms with Gasteiger partial charge in [-0.3, -0.25) is 0 Å². The summed E-state index contributed by atoms with van der Waals surface area (Å²) in [5.74, 6) is -0.214. The lowest BCUT2D eigenvalue weighted by molar-refractivity contribution is 0.116. The fraction of sp³-hybridized carbons (Fsp3) is 0.538. The molecule has 1 aromatic carbocycles. The van der Waals surface area contributed by atoms with Crippen molar-refractivity contribution in [3.8, 4) is 5.75 Å². The number of phenolic OH excluding ortho intramolecular Hbond substituents is 1. The Bertz CT molecular complexity index is 376. The molecular formula is C13H18FNO2. The van der Waals surface area contributed by atoms with Crippen LogP contribution in [0.2, 0.25) is 0 Å². The first kappa shape index (κ1) is 12.3. The SMILES string of the molecule is Oc1ccc(F)cc1CNC1CCC(O)CC1. The van der Waals surface area contributed by atoms with E-state index in [1.54, 1.807) is 0 Å². The Balaban J connectivity index is 1.87. The number of nitrogens with one attached hydrogen (secondary N) is 1. The standard InChI is InChI=1S/C13H18FNO2/c14-10-1-6-13(17)9(7-10)8-15-11-2-4-12(16)5-3-11/h1,6-7,11-12,15-17H,2-5,8H2. The van der Waals surface area contributed by atoms with Crippen LogP contribution in [0.3, 0.4) is 0 Å². The number of aliphatic hydroxyl groups excluding tert-OH is 1. The smallest absolute Gasteiger partial charge is 0.123 e. The van der Waals surface area contributed by atoms with E-state index in [9.17, 15) is 14.6 Å². The second-order valence-corrected chi connectivity index (χ2v) is 4.66. The van der Waals surface area contributed by atoms with Crippen LogP contribution in [0, 0.1) is 5.82 Å². The van der Waals surface area contributed by atoms with Gasteiger partial charge in [0, 0.05) is 18.2 Å². The molecule has 0 aliphatic heterocycles. The second-order valence-electron chi connectivity index (χ2n) is 4.66. The van der Waals surface area contributed by atoms with E-state index in [0.717, 1.165) is 25.7 Å². The predicted molar refractivity (Wildman–Crippen MR) is 63.2 cm³/mol. The lowest BCUT2D eigenvalue weighted by Crippen LogP contribution is -2.34. The number of halogens is 1. The lowest BCUT2D eigenvalue weighted by atomic mass is 9.93. The molecule has 0 unspecified atom stereocenters. The van der Waals surface area contributed by atoms with Crippen LogP contribution in [-0.4, -0.2) is 22.4 Å². The zero-order chi connectivity index (χ0) is 12.3. The summed E-state index contributed by atoms with van der Waals surface area (Å²) in [4.78, 5) is 0. The maximum absolute atomic E-state index is 13.0. The number of hydrogen-bond donors (Lipinski definition) is 3. The molecule has 17 heavy (non-hydrogen) atoms. The van der Waals surface area contributed by atoms with E-state index in [4.69, 9.17) is 0 Å². The molecule has 0 amide bonds. The third kappa shape index (κ3) is 3.41. The quantitative estimate of drug-likeness (QED) is 0.755. The molecule has 3 N–H and O–H groups in total. The fourth-order valence-electron chi connectivity index (χ4n) is 2.23. The first-order chi connectivity index (χ1) is 8.15. The van der Waals surface area contributed by atoms with Gasteiger partial charge in [0.15, 0.2) is 0 Å². The highest BCUT2D eigenvalue weighted by Crippen LogP contribution is 2.21. The molecule has 0 atom stereocenters. The Hall–Kier alpha value is -1.13. The molecule has 3 nitrogen and oxygen atoms in total. The van der Waals surface area contributed by atoms with Crippen molar-refractivity contribution in [3.05, 3.63) is 29.6 Å². The van der Waals surface area contributed by atoms with Gasteiger partial charge in [-0.25, -0.2) is 4.39 Å². The van der Waals surface area contributed by atoms with Gasteiger partial charge in [0.05, 0.1) is 6.10 Å². The van der Waals surface area contributed by atoms with E-state index in [0.29, 0.717) is 18.2 Å². The number of benzene rings is 1. The summed E-state index contributed by atoms with van der Waals surface area (Å²) in [5, 5.41) is 22.2. The monoisotopic (exact) mass is 239 g/mol. The summed E-state index contributed by atoms with van der Waals surface area (Å²) < 4.78 is 13.0. The van der Waals surface area contributed by atoms with Crippen LogP contribution in [0.4, 0.5) is 4.39 Å². The van der Waals surface area contributed by atoms with Gasteiger partial charge in [0.1, 0.15) is 11.6 Å². The summed E-state index contributed by atoms with van der Waals surface area (Å²) >= 11 is 0. The van der Waals surface area contributed by atoms with Crippen LogP contribution >= 0.6 is 0 Å². The zero-order valence-corrected chi connectivity index (χ0v) is 9.69. The van der Waals surface area contributed by atoms with Gasteiger partial charge >= 0.3 is 0 Å². The van der Waals surface area contributed by atoms with Gasteiger partial charge in [-0.1, -0.05) is 0 Å². The van der Waals surface area contributed by atoms with Crippen LogP contribution in [0.25, 0.3) is 0 Å². The maximum atomic E-state index is 13.0. The van der Waals surface area contributed by atoms with E-state index >= 15 is 0 Å². The van der Waals surface area contributed by atoms with Crippen LogP contribution < -0.4 is 5.32 Å². The van der Waals surface area contributed by atoms with E-state index in [-0.39, 0.29) is 17.7 Å². The lowest BCUT2D eigenvalue weighted by Gasteiger charge is -2.26. The molecule has 0 bridgehead atoms. The summed E-state index contributed by atoms with van der Waals surface area (Å²) in [6.45, 7) is 0.463. The summed E-state index contributed by atoms with van der Waals surface area (Å²) in [6.07, 6.45) is 3.31. The van der Waals surface area contributed by atoms with Gasteiger partial charge in [0.2, 0.25) is 0 Å². The van der Waals surface area contributed by atoms with E-state index in [1.807, 2.05) is 0 Å². The minimum Gasteiger partial charge on any atom is -0.508 e. The van der Waals surface area contributed by atoms with Crippen LogP contribution in [0.5, 0.6) is 5.75 Å². The highest BCUT2D eigenvalue weighted by molar-refractivity contribution is 5.32. The molecule has 94 valence electrons. The molecule has 1 aromatic rings. The Kier molecular flexibility index (Phi) is 3.97. The van der Waals surface area contributed by atoms with Gasteiger partial charge < -0.3 is 15.5 Å². The van der Waals surface area contributed by atoms with Crippen LogP contribution in [0.1, 0.15) is 31.2 Å². The minimum absolute atomic E-state index is 0.120. The van der Waals surface area contributed by atoms with Gasteiger partial charge in [-0.2, -0.15) is 0 Å². The van der Waals surface area contributed by atoms with Gasteiger partial charge in [0.25, 0.3) is 0 Å². The molecule has 1 aliphatic carbocycles. The minimum atomic E-state index is -0.335. The number of phenols is 1. The van der Waals surface area contributed by atoms with E-state index in [2.05, 4.69) is 5.32 Å². The number of hydrogen-bond acceptors (Lipinski definition) is 3. The normalized spacial score (nSPS) is 24.8. The molecule has 1 saturated carbocycles. The van der Waals surface area contributed by atoms with Crippen molar-refractivity contribution in [2.24, 2.45) is 0 Å². The van der Waals surface area contributed by atoms with Gasteiger partial charge in [-0.15, -0.1) is 0 Å². The summed E-state index contributed by atoms with van der Waals surface area (Å²) in [5.41, 5.74) is 0.580. The van der Waals surface area contributed by atoms with Crippen molar-refractivity contribution in [2.45, 2.75) is 44.4 Å². The molecular weight excluding hydrogens is 221 g/mol. The first-order valence-electron chi connectivity index (χ1n) is 6.04. The average Bonchev–Trinajstić information content (AvgIpc) is 2.32. The zero-order valence-electron chi connectivity index (χ0n) is 9.69. The molecule has 4 heteroatoms. The molecule has 0 saturated heterocycles. The average molecular weight is 239 g/mol. The third-order valence-corrected chi connectivity index (χ3v) is 3.32. The van der Waals surface area contributed by atoms with E-state index in [1.165, 1.54) is 18.2 Å². The van der Waals surface area contributed by atoms with Crippen LogP contribution in [0.15, 0.2) is 18.2 Å². The Morgan fingerprint density at radius 2 is 1.94 bits per heavy atom. The summed E-state index contributed by atoms with van der Waals surface area (Å²) in [7, 11) is 0. The molecule has 0 spiro atoms. The topological polar surface area (TPSA) is 52.5 Å². The van der Waals surface area contributed by atoms with E-state index < -0.39 is 0 Å². The molecule has 1 aliphatic rings. The Morgan fingerprint density at radius 3 is 2.65 bits per heavy atom. The van der Waals surface area contributed by atoms with Crippen molar-refractivity contribution >= 4 is 0 Å². The highest BCUT2D eigenvalue weighted by atomic mass is 19.1. The summed E-state index contributed by atoms with van der Waals surface area (Å²) in [6, 6.07) is 4.31. The molecule has 2 rings (SSSR count). The molecule has 0 radical (unpaired) electrons. The molecule has 0 heterocycles. The predicted octanol–water partition coefficient (Wildman–Crippen LogP) is 1.92. The fourth-order valence-corrected chi connectivity index (χ4v) is 2.23. The molecule has 1 fully saturated rings. The van der Waals surface area contributed by atoms with Crippen molar-refractivity contribution < 1.29 is 14.6 Å². The largest absolute Gasteiger partial charge is 0.508 e. The third-order valence-electron chi connectivity index (χ3n) is 3.32. The maximum Gasteiger partial charge on any atom is 0.123 e. The van der Waals surface area contributed by atoms with Gasteiger partial charge in [-0.05, 0) is 43.9 Å². The Labute approximate surface area is 100 Å². The highest BCUT2D eigenvalue weighted by Gasteiger charge is 2.18. The molecule has 0 aromatic heterocycles. The Morgan fingerprint density at radius 1 is 1.24 bits per heavy atom. The first-order valence-corrected chi connectivity index (χ1v) is 6.04.